The second kappa shape index (κ2) is 5.37. The fourth-order valence-electron chi connectivity index (χ4n) is 3.08. The molecule has 0 N–H and O–H groups in total. The summed E-state index contributed by atoms with van der Waals surface area (Å²) in [6, 6.07) is 0. The molecule has 0 aliphatic carbocycles. The summed E-state index contributed by atoms with van der Waals surface area (Å²) in [7, 11) is 0. The molecule has 0 aromatic rings. The molecular formula is C15H32. The number of rotatable bonds is 6. The third kappa shape index (κ3) is 2.98. The van der Waals surface area contributed by atoms with Gasteiger partial charge in [-0.1, -0.05) is 68.2 Å². The Hall–Kier alpha value is 0. The van der Waals surface area contributed by atoms with E-state index in [1.54, 1.807) is 0 Å². The van der Waals surface area contributed by atoms with Gasteiger partial charge < -0.3 is 0 Å². The van der Waals surface area contributed by atoms with Crippen molar-refractivity contribution in [2.75, 3.05) is 0 Å². The maximum absolute atomic E-state index is 2.50. The highest BCUT2D eigenvalue weighted by Crippen LogP contribution is 2.52. The molecule has 0 rings (SSSR count). The average molecular weight is 212 g/mol. The monoisotopic (exact) mass is 212 g/mol. The van der Waals surface area contributed by atoms with E-state index < -0.39 is 0 Å². The standard InChI is InChI=1S/C15H32/c1-9-14(7,10-2)15(8,13(5)6)11-12(3)4/h12-13H,9-11H2,1-8H3. The summed E-state index contributed by atoms with van der Waals surface area (Å²) in [6.07, 6.45) is 3.94. The summed E-state index contributed by atoms with van der Waals surface area (Å²) in [4.78, 5) is 0. The topological polar surface area (TPSA) is 0 Å². The van der Waals surface area contributed by atoms with Crippen molar-refractivity contribution in [2.45, 2.75) is 74.7 Å². The molecule has 0 radical (unpaired) electrons. The SMILES string of the molecule is CCC(C)(CC)C(C)(CC(C)C)C(C)C. The third-order valence-corrected chi connectivity index (χ3v) is 5.05. The first-order valence-corrected chi connectivity index (χ1v) is 6.73. The van der Waals surface area contributed by atoms with Crippen molar-refractivity contribution in [3.63, 3.8) is 0 Å². The van der Waals surface area contributed by atoms with Crippen LogP contribution in [-0.2, 0) is 0 Å². The molecule has 1 unspecified atom stereocenters. The van der Waals surface area contributed by atoms with Crippen molar-refractivity contribution in [1.29, 1.82) is 0 Å². The summed E-state index contributed by atoms with van der Waals surface area (Å²) in [5, 5.41) is 0. The minimum Gasteiger partial charge on any atom is -0.0648 e. The molecule has 0 aliphatic rings. The first-order chi connectivity index (χ1) is 6.73. The van der Waals surface area contributed by atoms with E-state index in [-0.39, 0.29) is 0 Å². The van der Waals surface area contributed by atoms with Crippen molar-refractivity contribution in [3.8, 4) is 0 Å². The second-order valence-corrected chi connectivity index (χ2v) is 6.44. The van der Waals surface area contributed by atoms with Crippen LogP contribution in [-0.4, -0.2) is 0 Å². The van der Waals surface area contributed by atoms with Gasteiger partial charge >= 0.3 is 0 Å². The molecule has 0 aliphatic heterocycles. The van der Waals surface area contributed by atoms with Crippen LogP contribution in [0.5, 0.6) is 0 Å². The minimum absolute atomic E-state index is 0.477. The summed E-state index contributed by atoms with van der Waals surface area (Å²) >= 11 is 0. The van der Waals surface area contributed by atoms with E-state index in [0.717, 1.165) is 11.8 Å². The van der Waals surface area contributed by atoms with Gasteiger partial charge in [0.1, 0.15) is 0 Å². The van der Waals surface area contributed by atoms with Gasteiger partial charge in [-0.05, 0) is 29.1 Å². The summed E-state index contributed by atoms with van der Waals surface area (Å²) in [6.45, 7) is 19.2. The molecule has 15 heavy (non-hydrogen) atoms. The van der Waals surface area contributed by atoms with Crippen LogP contribution in [0.3, 0.4) is 0 Å². The van der Waals surface area contributed by atoms with Crippen molar-refractivity contribution in [2.24, 2.45) is 22.7 Å². The zero-order valence-electron chi connectivity index (χ0n) is 12.3. The van der Waals surface area contributed by atoms with Gasteiger partial charge in [0, 0.05) is 0 Å². The summed E-state index contributed by atoms with van der Waals surface area (Å²) in [5.74, 6) is 1.57. The Balaban J connectivity index is 5.08. The highest BCUT2D eigenvalue weighted by atomic mass is 14.5. The first-order valence-electron chi connectivity index (χ1n) is 6.73. The Morgan fingerprint density at radius 1 is 0.867 bits per heavy atom. The lowest BCUT2D eigenvalue weighted by Gasteiger charge is -2.50. The summed E-state index contributed by atoms with van der Waals surface area (Å²) < 4.78 is 0. The zero-order chi connectivity index (χ0) is 12.3. The molecule has 0 amide bonds. The van der Waals surface area contributed by atoms with Crippen LogP contribution >= 0.6 is 0 Å². The maximum atomic E-state index is 2.50. The normalized spacial score (nSPS) is 17.2. The van der Waals surface area contributed by atoms with Crippen LogP contribution in [0, 0.1) is 22.7 Å². The molecule has 0 heterocycles. The van der Waals surface area contributed by atoms with Crippen molar-refractivity contribution in [1.82, 2.24) is 0 Å². The lowest BCUT2D eigenvalue weighted by Crippen LogP contribution is -2.42. The van der Waals surface area contributed by atoms with Gasteiger partial charge in [-0.15, -0.1) is 0 Å². The number of hydrogen-bond donors (Lipinski definition) is 0. The fourth-order valence-corrected chi connectivity index (χ4v) is 3.08. The highest BCUT2D eigenvalue weighted by Gasteiger charge is 2.44. The molecule has 1 atom stereocenters. The van der Waals surface area contributed by atoms with Gasteiger partial charge in [-0.2, -0.15) is 0 Å². The van der Waals surface area contributed by atoms with Gasteiger partial charge in [0.25, 0.3) is 0 Å². The Morgan fingerprint density at radius 3 is 1.47 bits per heavy atom. The Labute approximate surface area is 97.8 Å². The molecule has 0 heteroatoms. The van der Waals surface area contributed by atoms with Crippen LogP contribution in [0.25, 0.3) is 0 Å². The summed E-state index contributed by atoms with van der Waals surface area (Å²) in [5.41, 5.74) is 0.968. The maximum Gasteiger partial charge on any atom is -0.0247 e. The van der Waals surface area contributed by atoms with E-state index >= 15 is 0 Å². The average Bonchev–Trinajstić information content (AvgIpc) is 2.14. The number of hydrogen-bond acceptors (Lipinski definition) is 0. The fraction of sp³-hybridized carbons (Fsp3) is 1.00. The van der Waals surface area contributed by atoms with E-state index in [0.29, 0.717) is 10.8 Å². The molecule has 0 fully saturated rings. The van der Waals surface area contributed by atoms with Gasteiger partial charge in [-0.25, -0.2) is 0 Å². The van der Waals surface area contributed by atoms with Gasteiger partial charge in [0.15, 0.2) is 0 Å². The molecule has 0 saturated carbocycles. The quantitative estimate of drug-likeness (QED) is 0.543. The highest BCUT2D eigenvalue weighted by molar-refractivity contribution is 4.93. The van der Waals surface area contributed by atoms with E-state index in [4.69, 9.17) is 0 Å². The van der Waals surface area contributed by atoms with E-state index in [9.17, 15) is 0 Å². The smallest absolute Gasteiger partial charge is 0.0247 e. The molecule has 92 valence electrons. The minimum atomic E-state index is 0.477. The molecule has 0 nitrogen and oxygen atoms in total. The van der Waals surface area contributed by atoms with E-state index in [1.807, 2.05) is 0 Å². The van der Waals surface area contributed by atoms with Gasteiger partial charge in [0.2, 0.25) is 0 Å². The lowest BCUT2D eigenvalue weighted by atomic mass is 9.55. The molecule has 0 saturated heterocycles. The van der Waals surface area contributed by atoms with Crippen LogP contribution in [0.2, 0.25) is 0 Å². The van der Waals surface area contributed by atoms with Crippen LogP contribution in [0.1, 0.15) is 74.7 Å². The zero-order valence-corrected chi connectivity index (χ0v) is 12.3. The molecular weight excluding hydrogens is 180 g/mol. The van der Waals surface area contributed by atoms with Gasteiger partial charge in [-0.3, -0.25) is 0 Å². The molecule has 0 bridgehead atoms. The Bertz CT molecular complexity index is 174. The first kappa shape index (κ1) is 15.0. The lowest BCUT2D eigenvalue weighted by molar-refractivity contribution is -0.00745. The van der Waals surface area contributed by atoms with Crippen LogP contribution < -0.4 is 0 Å². The van der Waals surface area contributed by atoms with Crippen LogP contribution in [0.15, 0.2) is 0 Å². The predicted octanol–water partition coefficient (Wildman–Crippen LogP) is 5.52. The predicted molar refractivity (Wildman–Crippen MR) is 71.1 cm³/mol. The molecule has 0 aromatic carbocycles. The Kier molecular flexibility index (Phi) is 5.37. The third-order valence-electron chi connectivity index (χ3n) is 5.05. The second-order valence-electron chi connectivity index (χ2n) is 6.44. The van der Waals surface area contributed by atoms with Crippen LogP contribution in [0.4, 0.5) is 0 Å². The van der Waals surface area contributed by atoms with E-state index in [1.165, 1.54) is 19.3 Å². The van der Waals surface area contributed by atoms with Crippen molar-refractivity contribution < 1.29 is 0 Å². The van der Waals surface area contributed by atoms with Crippen molar-refractivity contribution in [3.05, 3.63) is 0 Å². The molecule has 0 spiro atoms. The molecule has 0 aromatic heterocycles. The van der Waals surface area contributed by atoms with Crippen molar-refractivity contribution >= 4 is 0 Å². The Morgan fingerprint density at radius 2 is 1.27 bits per heavy atom. The van der Waals surface area contributed by atoms with E-state index in [2.05, 4.69) is 55.4 Å². The largest absolute Gasteiger partial charge is 0.0648 e. The van der Waals surface area contributed by atoms with Gasteiger partial charge in [0.05, 0.1) is 0 Å².